The van der Waals surface area contributed by atoms with Crippen molar-refractivity contribution in [2.75, 3.05) is 0 Å². The summed E-state index contributed by atoms with van der Waals surface area (Å²) in [6, 6.07) is 10.4. The van der Waals surface area contributed by atoms with Crippen LogP contribution in [0.1, 0.15) is 5.56 Å². The highest BCUT2D eigenvalue weighted by atomic mass is 32.2. The Morgan fingerprint density at radius 2 is 1.77 bits per heavy atom. The van der Waals surface area contributed by atoms with Gasteiger partial charge in [0, 0.05) is 5.56 Å². The normalized spacial score (nSPS) is 12.2. The number of hydrogen-bond donors (Lipinski definition) is 1. The number of rotatable bonds is 4. The van der Waals surface area contributed by atoms with Gasteiger partial charge in [0.1, 0.15) is 11.4 Å². The zero-order chi connectivity index (χ0) is 18.9. The van der Waals surface area contributed by atoms with Gasteiger partial charge in [0.25, 0.3) is 0 Å². The van der Waals surface area contributed by atoms with E-state index in [-0.39, 0.29) is 11.4 Å². The van der Waals surface area contributed by atoms with Gasteiger partial charge in [-0.2, -0.15) is 26.7 Å². The molecule has 0 bridgehead atoms. The average Bonchev–Trinajstić information content (AvgIpc) is 3.03. The van der Waals surface area contributed by atoms with E-state index in [2.05, 4.69) is 14.5 Å². The molecule has 0 aliphatic heterocycles. The SMILES string of the molecule is NS(=O)(=O)Oc1ccc(-c2cn(-c3cccc(C(F)(F)F)c3)nn2)cc1. The summed E-state index contributed by atoms with van der Waals surface area (Å²) in [6.45, 7) is 0. The van der Waals surface area contributed by atoms with Gasteiger partial charge in [-0.05, 0) is 42.5 Å². The van der Waals surface area contributed by atoms with E-state index >= 15 is 0 Å². The Hall–Kier alpha value is -2.92. The van der Waals surface area contributed by atoms with E-state index in [4.69, 9.17) is 5.14 Å². The lowest BCUT2D eigenvalue weighted by Crippen LogP contribution is -2.18. The van der Waals surface area contributed by atoms with Gasteiger partial charge in [0.15, 0.2) is 0 Å². The van der Waals surface area contributed by atoms with Crippen LogP contribution in [0.4, 0.5) is 13.2 Å². The Kier molecular flexibility index (Phi) is 4.42. The quantitative estimate of drug-likeness (QED) is 0.745. The van der Waals surface area contributed by atoms with Crippen LogP contribution in [-0.4, -0.2) is 23.4 Å². The molecule has 0 radical (unpaired) electrons. The minimum absolute atomic E-state index is 0.0153. The lowest BCUT2D eigenvalue weighted by molar-refractivity contribution is -0.137. The molecule has 1 aromatic heterocycles. The van der Waals surface area contributed by atoms with Crippen LogP contribution in [-0.2, 0) is 16.5 Å². The van der Waals surface area contributed by atoms with Crippen LogP contribution in [0.3, 0.4) is 0 Å². The predicted molar refractivity (Wildman–Crippen MR) is 85.5 cm³/mol. The minimum atomic E-state index is -4.46. The molecule has 7 nitrogen and oxygen atoms in total. The fraction of sp³-hybridized carbons (Fsp3) is 0.0667. The lowest BCUT2D eigenvalue weighted by atomic mass is 10.1. The fourth-order valence-electron chi connectivity index (χ4n) is 2.16. The summed E-state index contributed by atoms with van der Waals surface area (Å²) in [7, 11) is -4.13. The Labute approximate surface area is 146 Å². The molecule has 0 saturated heterocycles. The summed E-state index contributed by atoms with van der Waals surface area (Å²) in [4.78, 5) is 0. The van der Waals surface area contributed by atoms with Crippen LogP contribution < -0.4 is 9.32 Å². The van der Waals surface area contributed by atoms with Crippen molar-refractivity contribution in [1.82, 2.24) is 15.0 Å². The van der Waals surface area contributed by atoms with Gasteiger partial charge >= 0.3 is 16.5 Å². The third-order valence-corrected chi connectivity index (χ3v) is 3.72. The molecule has 0 spiro atoms. The van der Waals surface area contributed by atoms with Crippen LogP contribution in [0.5, 0.6) is 5.75 Å². The number of nitrogens with zero attached hydrogens (tertiary/aromatic N) is 3. The molecule has 0 amide bonds. The molecule has 0 saturated carbocycles. The zero-order valence-corrected chi connectivity index (χ0v) is 13.7. The third-order valence-electron chi connectivity index (χ3n) is 3.29. The maximum atomic E-state index is 12.8. The van der Waals surface area contributed by atoms with Crippen LogP contribution >= 0.6 is 0 Å². The molecule has 136 valence electrons. The summed E-state index contributed by atoms with van der Waals surface area (Å²) in [6.07, 6.45) is -3.01. The molecule has 1 heterocycles. The second-order valence-corrected chi connectivity index (χ2v) is 6.35. The van der Waals surface area contributed by atoms with E-state index in [1.54, 1.807) is 0 Å². The number of nitrogens with two attached hydrogens (primary N) is 1. The molecule has 2 aromatic carbocycles. The van der Waals surface area contributed by atoms with Crippen LogP contribution in [0.15, 0.2) is 54.7 Å². The van der Waals surface area contributed by atoms with Gasteiger partial charge < -0.3 is 4.18 Å². The van der Waals surface area contributed by atoms with E-state index in [1.807, 2.05) is 0 Å². The van der Waals surface area contributed by atoms with Gasteiger partial charge in [-0.1, -0.05) is 11.3 Å². The predicted octanol–water partition coefficient (Wildman–Crippen LogP) is 2.54. The highest BCUT2D eigenvalue weighted by Crippen LogP contribution is 2.30. The van der Waals surface area contributed by atoms with Gasteiger partial charge in [-0.25, -0.2) is 4.68 Å². The Morgan fingerprint density at radius 1 is 1.08 bits per heavy atom. The van der Waals surface area contributed by atoms with Gasteiger partial charge in [-0.3, -0.25) is 0 Å². The Balaban J connectivity index is 1.86. The number of benzene rings is 2. The standard InChI is InChI=1S/C15H11F3N4O3S/c16-15(17,18)11-2-1-3-12(8-11)22-9-14(20-21-22)10-4-6-13(7-5-10)25-26(19,23)24/h1-9H,(H2,19,23,24). The fourth-order valence-corrected chi connectivity index (χ4v) is 2.54. The van der Waals surface area contributed by atoms with Crippen molar-refractivity contribution < 1.29 is 25.8 Å². The second kappa shape index (κ2) is 6.42. The largest absolute Gasteiger partial charge is 0.416 e. The minimum Gasteiger partial charge on any atom is -0.371 e. The first-order valence-electron chi connectivity index (χ1n) is 7.04. The molecule has 2 N–H and O–H groups in total. The lowest BCUT2D eigenvalue weighted by Gasteiger charge is -2.08. The van der Waals surface area contributed by atoms with E-state index in [9.17, 15) is 21.6 Å². The van der Waals surface area contributed by atoms with Crippen LogP contribution in [0.25, 0.3) is 16.9 Å². The number of hydrogen-bond acceptors (Lipinski definition) is 5. The number of aromatic nitrogens is 3. The van der Waals surface area contributed by atoms with Crippen molar-refractivity contribution in [3.05, 3.63) is 60.3 Å². The Morgan fingerprint density at radius 3 is 2.38 bits per heavy atom. The number of alkyl halides is 3. The number of halogens is 3. The third kappa shape index (κ3) is 4.18. The van der Waals surface area contributed by atoms with Crippen LogP contribution in [0, 0.1) is 0 Å². The van der Waals surface area contributed by atoms with Crippen molar-refractivity contribution in [3.8, 4) is 22.7 Å². The average molecular weight is 384 g/mol. The molecule has 0 unspecified atom stereocenters. The molecule has 0 fully saturated rings. The summed E-state index contributed by atoms with van der Waals surface area (Å²) in [5.41, 5.74) is 0.346. The molecule has 11 heteroatoms. The van der Waals surface area contributed by atoms with Crippen molar-refractivity contribution in [2.45, 2.75) is 6.18 Å². The van der Waals surface area contributed by atoms with E-state index < -0.39 is 22.0 Å². The van der Waals surface area contributed by atoms with Gasteiger partial charge in [0.05, 0.1) is 17.4 Å². The first kappa shape index (κ1) is 17.9. The molecular weight excluding hydrogens is 373 g/mol. The summed E-state index contributed by atoms with van der Waals surface area (Å²) in [5, 5.41) is 12.5. The molecule has 0 atom stereocenters. The summed E-state index contributed by atoms with van der Waals surface area (Å²) in [5.74, 6) is 0.0153. The Bertz CT molecular complexity index is 1030. The van der Waals surface area contributed by atoms with Crippen LogP contribution in [0.2, 0.25) is 0 Å². The molecular formula is C15H11F3N4O3S. The zero-order valence-electron chi connectivity index (χ0n) is 12.9. The van der Waals surface area contributed by atoms with E-state index in [1.165, 1.54) is 47.3 Å². The molecule has 0 aliphatic rings. The highest BCUT2D eigenvalue weighted by molar-refractivity contribution is 7.84. The summed E-state index contributed by atoms with van der Waals surface area (Å²) < 4.78 is 65.8. The van der Waals surface area contributed by atoms with E-state index in [0.29, 0.717) is 11.3 Å². The second-order valence-electron chi connectivity index (χ2n) is 5.20. The molecule has 3 aromatic rings. The first-order valence-corrected chi connectivity index (χ1v) is 8.51. The van der Waals surface area contributed by atoms with Crippen molar-refractivity contribution in [1.29, 1.82) is 0 Å². The van der Waals surface area contributed by atoms with Crippen molar-refractivity contribution in [3.63, 3.8) is 0 Å². The highest BCUT2D eigenvalue weighted by Gasteiger charge is 2.30. The van der Waals surface area contributed by atoms with E-state index in [0.717, 1.165) is 12.1 Å². The van der Waals surface area contributed by atoms with Crippen molar-refractivity contribution >= 4 is 10.3 Å². The molecule has 3 rings (SSSR count). The molecule has 26 heavy (non-hydrogen) atoms. The maximum Gasteiger partial charge on any atom is 0.416 e. The van der Waals surface area contributed by atoms with Crippen molar-refractivity contribution in [2.24, 2.45) is 5.14 Å². The summed E-state index contributed by atoms with van der Waals surface area (Å²) >= 11 is 0. The van der Waals surface area contributed by atoms with Gasteiger partial charge in [-0.15, -0.1) is 5.10 Å². The van der Waals surface area contributed by atoms with Gasteiger partial charge in [0.2, 0.25) is 0 Å². The smallest absolute Gasteiger partial charge is 0.371 e. The molecule has 0 aliphatic carbocycles. The monoisotopic (exact) mass is 384 g/mol. The maximum absolute atomic E-state index is 12.8. The first-order chi connectivity index (χ1) is 12.1. The topological polar surface area (TPSA) is 100 Å².